The van der Waals surface area contributed by atoms with Gasteiger partial charge in [0.1, 0.15) is 23.7 Å². The molecule has 4 atom stereocenters. The predicted octanol–water partition coefficient (Wildman–Crippen LogP) is 5.29. The zero-order chi connectivity index (χ0) is 36.1. The van der Waals surface area contributed by atoms with E-state index in [-0.39, 0.29) is 37.5 Å². The molecule has 2 aromatic carbocycles. The van der Waals surface area contributed by atoms with Crippen LogP contribution < -0.4 is 9.47 Å². The van der Waals surface area contributed by atoms with Crippen molar-refractivity contribution in [2.24, 2.45) is 17.8 Å². The molecule has 2 fully saturated rings. The molecule has 1 aromatic heterocycles. The number of aryl methyl sites for hydroxylation is 2. The summed E-state index contributed by atoms with van der Waals surface area (Å²) < 4.78 is 58.0. The van der Waals surface area contributed by atoms with E-state index in [1.807, 2.05) is 0 Å². The summed E-state index contributed by atoms with van der Waals surface area (Å²) >= 11 is 0. The summed E-state index contributed by atoms with van der Waals surface area (Å²) in [4.78, 5) is 14.0. The van der Waals surface area contributed by atoms with Crippen LogP contribution in [0.1, 0.15) is 73.8 Å². The van der Waals surface area contributed by atoms with Gasteiger partial charge >= 0.3 is 12.3 Å². The maximum Gasteiger partial charge on any atom is 0.573 e. The number of aliphatic carboxylic acids is 1. The Morgan fingerprint density at radius 1 is 1.10 bits per heavy atom. The first-order valence-electron chi connectivity index (χ1n) is 17.9. The molecule has 0 amide bonds. The molecule has 1 saturated carbocycles. The third-order valence-corrected chi connectivity index (χ3v) is 10.4. The molecule has 51 heavy (non-hydrogen) atoms. The lowest BCUT2D eigenvalue weighted by Crippen LogP contribution is -2.40. The van der Waals surface area contributed by atoms with E-state index in [0.29, 0.717) is 61.3 Å². The molecule has 2 unspecified atom stereocenters. The van der Waals surface area contributed by atoms with Crippen LogP contribution in [0.25, 0.3) is 5.69 Å². The number of carbonyl (C=O) groups is 1. The van der Waals surface area contributed by atoms with Crippen molar-refractivity contribution in [1.82, 2.24) is 19.9 Å². The van der Waals surface area contributed by atoms with Crippen molar-refractivity contribution in [3.05, 3.63) is 65.0 Å². The summed E-state index contributed by atoms with van der Waals surface area (Å²) in [5.74, 6) is 0.0204. The fraction of sp³-hybridized carbons (Fsp3) is 0.595. The number of carboxylic acids is 1. The number of fused-ring (bicyclic) bond motifs is 1. The number of carboxylic acid groups (broad SMARTS) is 1. The van der Waals surface area contributed by atoms with Gasteiger partial charge in [-0.3, -0.25) is 9.69 Å². The van der Waals surface area contributed by atoms with Gasteiger partial charge in [0.25, 0.3) is 0 Å². The summed E-state index contributed by atoms with van der Waals surface area (Å²) in [5.41, 5.74) is 3.81. The van der Waals surface area contributed by atoms with E-state index in [0.717, 1.165) is 55.4 Å². The van der Waals surface area contributed by atoms with Crippen molar-refractivity contribution in [3.8, 4) is 17.2 Å². The maximum absolute atomic E-state index is 13.4. The number of rotatable bonds is 16. The molecule has 1 aliphatic carbocycles. The average Bonchev–Trinajstić information content (AvgIpc) is 3.83. The lowest BCUT2D eigenvalue weighted by atomic mass is 9.81. The molecule has 0 spiro atoms. The number of hydrogen-bond acceptors (Lipinski definition) is 9. The first kappa shape index (κ1) is 37.1. The number of aliphatic hydroxyl groups excluding tert-OH is 2. The molecule has 3 N–H and O–H groups in total. The summed E-state index contributed by atoms with van der Waals surface area (Å²) in [5, 5.41) is 36.3. The number of ether oxygens (including phenoxy) is 3. The molecule has 14 heteroatoms. The van der Waals surface area contributed by atoms with Crippen LogP contribution in [0.2, 0.25) is 0 Å². The number of aliphatic hydroxyl groups is 2. The maximum atomic E-state index is 13.4. The van der Waals surface area contributed by atoms with Gasteiger partial charge in [0.2, 0.25) is 0 Å². The Kier molecular flexibility index (Phi) is 11.8. The number of alkyl halides is 3. The molecule has 0 bridgehead atoms. The van der Waals surface area contributed by atoms with Gasteiger partial charge in [-0.1, -0.05) is 24.3 Å². The average molecular weight is 717 g/mol. The third kappa shape index (κ3) is 9.79. The minimum Gasteiger partial charge on any atom is -0.490 e. The van der Waals surface area contributed by atoms with E-state index in [1.54, 1.807) is 19.2 Å². The molecule has 11 nitrogen and oxygen atoms in total. The lowest BCUT2D eigenvalue weighted by Gasteiger charge is -2.38. The molecule has 1 saturated heterocycles. The standard InChI is InChI=1S/C37H47F3N4O7/c1-23(36(47)48)35(26-5-6-26)27-7-4-24-8-10-32(50-34(24)18-27)25-12-14-43(15-13-25)19-28-17-30(9-11-33(28)51-37(38,39)40)44-20-29(41-42-44)3-2-16-49-22-31(46)21-45/h4,7,9,11,17-18,20,23,25-26,31-32,35,45-46H,2-3,5-6,8,10,12-16,19,21-22H2,1H3,(H,47,48)/t23-,31?,32?,35-/m0/s1. The zero-order valence-corrected chi connectivity index (χ0v) is 28.8. The van der Waals surface area contributed by atoms with Gasteiger partial charge < -0.3 is 29.5 Å². The Hall–Kier alpha value is -3.72. The van der Waals surface area contributed by atoms with Crippen LogP contribution in [0.15, 0.2) is 42.6 Å². The van der Waals surface area contributed by atoms with Crippen LogP contribution in [0, 0.1) is 17.8 Å². The van der Waals surface area contributed by atoms with Crippen molar-refractivity contribution in [2.75, 3.05) is 32.9 Å². The lowest BCUT2D eigenvalue weighted by molar-refractivity contribution is -0.275. The number of nitrogens with zero attached hydrogens (tertiary/aromatic N) is 4. The van der Waals surface area contributed by atoms with E-state index < -0.39 is 24.4 Å². The number of halogens is 3. The third-order valence-electron chi connectivity index (χ3n) is 10.4. The summed E-state index contributed by atoms with van der Waals surface area (Å²) in [6.07, 6.45) is 2.71. The molecule has 3 aromatic rings. The summed E-state index contributed by atoms with van der Waals surface area (Å²) in [7, 11) is 0. The van der Waals surface area contributed by atoms with Gasteiger partial charge in [-0.2, -0.15) is 0 Å². The Bertz CT molecular complexity index is 1620. The molecular weight excluding hydrogens is 669 g/mol. The number of benzene rings is 2. The summed E-state index contributed by atoms with van der Waals surface area (Å²) in [6, 6.07) is 10.7. The second-order valence-corrected chi connectivity index (χ2v) is 14.2. The SMILES string of the molecule is C[C@H](C(=O)O)[C@H](c1ccc2c(c1)OC(C1CCN(Cc3cc(-n4cc(CCCOCC(O)CO)nn4)ccc3OC(F)(F)F)CC1)CC2)C1CC1. The van der Waals surface area contributed by atoms with Crippen molar-refractivity contribution in [2.45, 2.75) is 89.3 Å². The highest BCUT2D eigenvalue weighted by Gasteiger charge is 2.40. The monoisotopic (exact) mass is 716 g/mol. The normalized spacial score (nSPS) is 20.3. The largest absolute Gasteiger partial charge is 0.573 e. The van der Waals surface area contributed by atoms with Crippen molar-refractivity contribution in [1.29, 1.82) is 0 Å². The molecule has 3 aliphatic rings. The van der Waals surface area contributed by atoms with E-state index in [1.165, 1.54) is 16.8 Å². The van der Waals surface area contributed by atoms with Crippen LogP contribution in [0.3, 0.4) is 0 Å². The van der Waals surface area contributed by atoms with Gasteiger partial charge in [-0.15, -0.1) is 18.3 Å². The minimum atomic E-state index is -4.84. The number of piperidine rings is 1. The van der Waals surface area contributed by atoms with E-state index >= 15 is 0 Å². The van der Waals surface area contributed by atoms with E-state index in [9.17, 15) is 28.2 Å². The number of hydrogen-bond donors (Lipinski definition) is 3. The van der Waals surface area contributed by atoms with Crippen molar-refractivity contribution < 1.29 is 47.5 Å². The van der Waals surface area contributed by atoms with E-state index in [4.69, 9.17) is 14.6 Å². The molecule has 278 valence electrons. The quantitative estimate of drug-likeness (QED) is 0.168. The van der Waals surface area contributed by atoms with Gasteiger partial charge in [0.05, 0.1) is 36.7 Å². The van der Waals surface area contributed by atoms with Crippen LogP contribution >= 0.6 is 0 Å². The number of likely N-dealkylation sites (tertiary alicyclic amines) is 1. The highest BCUT2D eigenvalue weighted by atomic mass is 19.4. The first-order valence-corrected chi connectivity index (χ1v) is 17.9. The van der Waals surface area contributed by atoms with Gasteiger partial charge in [-0.05, 0) is 118 Å². The van der Waals surface area contributed by atoms with Crippen LogP contribution in [0.5, 0.6) is 11.5 Å². The molecule has 3 heterocycles. The predicted molar refractivity (Wildman–Crippen MR) is 180 cm³/mol. The van der Waals surface area contributed by atoms with Crippen LogP contribution in [-0.2, 0) is 28.9 Å². The van der Waals surface area contributed by atoms with Crippen LogP contribution in [0.4, 0.5) is 13.2 Å². The highest BCUT2D eigenvalue weighted by molar-refractivity contribution is 5.71. The smallest absolute Gasteiger partial charge is 0.490 e. The Labute approximate surface area is 295 Å². The highest BCUT2D eigenvalue weighted by Crippen LogP contribution is 2.48. The second-order valence-electron chi connectivity index (χ2n) is 14.2. The fourth-order valence-electron chi connectivity index (χ4n) is 7.47. The molecule has 6 rings (SSSR count). The molecule has 2 aliphatic heterocycles. The Morgan fingerprint density at radius 2 is 1.88 bits per heavy atom. The van der Waals surface area contributed by atoms with Gasteiger partial charge in [-0.25, -0.2) is 4.68 Å². The van der Waals surface area contributed by atoms with Gasteiger partial charge in [0.15, 0.2) is 0 Å². The van der Waals surface area contributed by atoms with Crippen molar-refractivity contribution >= 4 is 5.97 Å². The van der Waals surface area contributed by atoms with E-state index in [2.05, 4.69) is 38.1 Å². The second kappa shape index (κ2) is 16.3. The molecule has 0 radical (unpaired) electrons. The topological polar surface area (TPSA) is 139 Å². The summed E-state index contributed by atoms with van der Waals surface area (Å²) in [6.45, 7) is 3.48. The first-order chi connectivity index (χ1) is 24.5. The Balaban J connectivity index is 1.07. The zero-order valence-electron chi connectivity index (χ0n) is 28.8. The minimum absolute atomic E-state index is 0.0266. The number of aromatic nitrogens is 3. The Morgan fingerprint density at radius 3 is 2.59 bits per heavy atom. The molecular formula is C37H47F3N4O7. The van der Waals surface area contributed by atoms with Crippen LogP contribution in [-0.4, -0.2) is 92.7 Å². The fourth-order valence-corrected chi connectivity index (χ4v) is 7.47. The van der Waals surface area contributed by atoms with Crippen molar-refractivity contribution in [3.63, 3.8) is 0 Å². The van der Waals surface area contributed by atoms with Gasteiger partial charge in [0, 0.05) is 18.7 Å².